The molecule has 0 amide bonds. The summed E-state index contributed by atoms with van der Waals surface area (Å²) in [5.41, 5.74) is 11.6. The molecule has 0 aliphatic rings. The van der Waals surface area contributed by atoms with Crippen LogP contribution < -0.4 is 11.5 Å². The first-order valence-electron chi connectivity index (χ1n) is 7.45. The van der Waals surface area contributed by atoms with Crippen LogP contribution in [0, 0.1) is 0 Å². The molecule has 18 heavy (non-hydrogen) atoms. The molecule has 0 aliphatic heterocycles. The summed E-state index contributed by atoms with van der Waals surface area (Å²) >= 11 is 0. The molecule has 0 aromatic heterocycles. The number of ether oxygens (including phenoxy) is 2. The van der Waals surface area contributed by atoms with E-state index in [1.165, 1.54) is 25.7 Å². The first-order chi connectivity index (χ1) is 8.70. The van der Waals surface area contributed by atoms with Crippen LogP contribution in [-0.2, 0) is 9.47 Å². The molecule has 0 aliphatic carbocycles. The van der Waals surface area contributed by atoms with Gasteiger partial charge in [-0.25, -0.2) is 0 Å². The zero-order chi connectivity index (χ0) is 13.6. The van der Waals surface area contributed by atoms with Gasteiger partial charge in [0.2, 0.25) is 0 Å². The van der Waals surface area contributed by atoms with Crippen molar-refractivity contribution in [2.45, 2.75) is 77.7 Å². The van der Waals surface area contributed by atoms with Crippen molar-refractivity contribution in [2.75, 3.05) is 13.2 Å². The van der Waals surface area contributed by atoms with Crippen molar-refractivity contribution in [1.82, 2.24) is 0 Å². The average molecular weight is 260 g/mol. The maximum atomic E-state index is 5.82. The molecule has 0 saturated carbocycles. The van der Waals surface area contributed by atoms with E-state index in [2.05, 4.69) is 13.8 Å². The molecule has 0 spiro atoms. The molecule has 4 heteroatoms. The molecule has 0 aromatic rings. The van der Waals surface area contributed by atoms with Gasteiger partial charge in [-0.05, 0) is 25.7 Å². The van der Waals surface area contributed by atoms with E-state index in [4.69, 9.17) is 20.9 Å². The van der Waals surface area contributed by atoms with E-state index in [9.17, 15) is 0 Å². The lowest BCUT2D eigenvalue weighted by Crippen LogP contribution is -2.29. The molecule has 2 atom stereocenters. The Kier molecular flexibility index (Phi) is 13.2. The summed E-state index contributed by atoms with van der Waals surface area (Å²) in [4.78, 5) is 0. The summed E-state index contributed by atoms with van der Waals surface area (Å²) in [6.07, 6.45) is 8.67. The van der Waals surface area contributed by atoms with Crippen LogP contribution in [0.5, 0.6) is 0 Å². The topological polar surface area (TPSA) is 70.5 Å². The maximum absolute atomic E-state index is 5.82. The Morgan fingerprint density at radius 2 is 1.11 bits per heavy atom. The van der Waals surface area contributed by atoms with Gasteiger partial charge < -0.3 is 20.9 Å². The second-order valence-electron chi connectivity index (χ2n) is 4.81. The predicted octanol–water partition coefficient (Wildman–Crippen LogP) is 2.75. The quantitative estimate of drug-likeness (QED) is 0.394. The van der Waals surface area contributed by atoms with Crippen LogP contribution in [0.4, 0.5) is 0 Å². The lowest BCUT2D eigenvalue weighted by atomic mass is 10.2. The Labute approximate surface area is 112 Å². The van der Waals surface area contributed by atoms with E-state index in [1.54, 1.807) is 0 Å². The Hall–Kier alpha value is -0.160. The molecule has 110 valence electrons. The third kappa shape index (κ3) is 12.3. The van der Waals surface area contributed by atoms with E-state index in [-0.39, 0.29) is 12.5 Å². The van der Waals surface area contributed by atoms with Crippen molar-refractivity contribution in [3.05, 3.63) is 0 Å². The predicted molar refractivity (Wildman–Crippen MR) is 76.1 cm³/mol. The van der Waals surface area contributed by atoms with E-state index in [0.29, 0.717) is 13.2 Å². The minimum Gasteiger partial charge on any atom is -0.361 e. The summed E-state index contributed by atoms with van der Waals surface area (Å²) in [6, 6.07) is 0. The molecule has 0 rings (SSSR count). The monoisotopic (exact) mass is 260 g/mol. The van der Waals surface area contributed by atoms with Gasteiger partial charge in [0.15, 0.2) is 0 Å². The lowest BCUT2D eigenvalue weighted by molar-refractivity contribution is -0.0239. The number of rotatable bonds is 13. The Morgan fingerprint density at radius 3 is 1.44 bits per heavy atom. The van der Waals surface area contributed by atoms with Crippen molar-refractivity contribution in [2.24, 2.45) is 11.5 Å². The zero-order valence-corrected chi connectivity index (χ0v) is 12.2. The van der Waals surface area contributed by atoms with Crippen LogP contribution in [0.15, 0.2) is 0 Å². The van der Waals surface area contributed by atoms with Crippen LogP contribution in [0.3, 0.4) is 0 Å². The first kappa shape index (κ1) is 17.8. The van der Waals surface area contributed by atoms with Crippen LogP contribution in [0.25, 0.3) is 0 Å². The van der Waals surface area contributed by atoms with Crippen molar-refractivity contribution in [3.8, 4) is 0 Å². The molecular formula is C14H32N2O2. The highest BCUT2D eigenvalue weighted by Crippen LogP contribution is 2.04. The van der Waals surface area contributed by atoms with Gasteiger partial charge in [-0.3, -0.25) is 0 Å². The van der Waals surface area contributed by atoms with Gasteiger partial charge >= 0.3 is 0 Å². The van der Waals surface area contributed by atoms with Crippen molar-refractivity contribution in [1.29, 1.82) is 0 Å². The number of nitrogens with two attached hydrogens (primary N) is 2. The van der Waals surface area contributed by atoms with E-state index in [0.717, 1.165) is 25.7 Å². The molecule has 0 aromatic carbocycles. The Bertz CT molecular complexity index is 150. The minimum atomic E-state index is -0.156. The fourth-order valence-electron chi connectivity index (χ4n) is 1.76. The van der Waals surface area contributed by atoms with Crippen LogP contribution in [-0.4, -0.2) is 25.7 Å². The largest absolute Gasteiger partial charge is 0.361 e. The number of hydrogen-bond acceptors (Lipinski definition) is 4. The van der Waals surface area contributed by atoms with Crippen molar-refractivity contribution >= 4 is 0 Å². The summed E-state index contributed by atoms with van der Waals surface area (Å²) < 4.78 is 10.9. The van der Waals surface area contributed by atoms with Gasteiger partial charge in [0.25, 0.3) is 0 Å². The van der Waals surface area contributed by atoms with Crippen molar-refractivity contribution in [3.63, 3.8) is 0 Å². The smallest absolute Gasteiger partial charge is 0.105 e. The fraction of sp³-hybridized carbons (Fsp3) is 1.00. The van der Waals surface area contributed by atoms with Gasteiger partial charge in [-0.2, -0.15) is 0 Å². The molecule has 0 bridgehead atoms. The molecule has 2 unspecified atom stereocenters. The zero-order valence-electron chi connectivity index (χ0n) is 12.2. The Morgan fingerprint density at radius 1 is 0.722 bits per heavy atom. The van der Waals surface area contributed by atoms with E-state index >= 15 is 0 Å². The van der Waals surface area contributed by atoms with Crippen LogP contribution >= 0.6 is 0 Å². The highest BCUT2D eigenvalue weighted by Gasteiger charge is 2.04. The molecule has 0 radical (unpaired) electrons. The van der Waals surface area contributed by atoms with Gasteiger partial charge in [0.1, 0.15) is 12.5 Å². The third-order valence-corrected chi connectivity index (χ3v) is 2.93. The van der Waals surface area contributed by atoms with E-state index in [1.807, 2.05) is 0 Å². The van der Waals surface area contributed by atoms with Gasteiger partial charge in [-0.15, -0.1) is 0 Å². The first-order valence-corrected chi connectivity index (χ1v) is 7.45. The van der Waals surface area contributed by atoms with Gasteiger partial charge in [0.05, 0.1) is 13.2 Å². The summed E-state index contributed by atoms with van der Waals surface area (Å²) in [7, 11) is 0. The SMILES string of the molecule is CCCCCC(N)OCCOC(N)CCCCC. The summed E-state index contributed by atoms with van der Waals surface area (Å²) in [5, 5.41) is 0. The minimum absolute atomic E-state index is 0.156. The molecule has 4 N–H and O–H groups in total. The highest BCUT2D eigenvalue weighted by atomic mass is 16.5. The summed E-state index contributed by atoms with van der Waals surface area (Å²) in [6.45, 7) is 5.43. The second-order valence-corrected chi connectivity index (χ2v) is 4.81. The van der Waals surface area contributed by atoms with Gasteiger partial charge in [-0.1, -0.05) is 39.5 Å². The van der Waals surface area contributed by atoms with Crippen LogP contribution in [0.2, 0.25) is 0 Å². The second kappa shape index (κ2) is 13.3. The molecule has 0 saturated heterocycles. The number of unbranched alkanes of at least 4 members (excludes halogenated alkanes) is 4. The highest BCUT2D eigenvalue weighted by molar-refractivity contribution is 4.51. The van der Waals surface area contributed by atoms with E-state index < -0.39 is 0 Å². The average Bonchev–Trinajstić information content (AvgIpc) is 2.35. The Balaban J connectivity index is 3.27. The van der Waals surface area contributed by atoms with Crippen molar-refractivity contribution < 1.29 is 9.47 Å². The third-order valence-electron chi connectivity index (χ3n) is 2.93. The number of hydrogen-bond donors (Lipinski definition) is 2. The lowest BCUT2D eigenvalue weighted by Gasteiger charge is -2.15. The van der Waals surface area contributed by atoms with Crippen LogP contribution in [0.1, 0.15) is 65.2 Å². The maximum Gasteiger partial charge on any atom is 0.105 e. The van der Waals surface area contributed by atoms with Gasteiger partial charge in [0, 0.05) is 0 Å². The fourth-order valence-corrected chi connectivity index (χ4v) is 1.76. The molecule has 0 heterocycles. The molecular weight excluding hydrogens is 228 g/mol. The molecule has 4 nitrogen and oxygen atoms in total. The molecule has 0 fully saturated rings. The normalized spacial score (nSPS) is 14.7. The standard InChI is InChI=1S/C14H32N2O2/c1-3-5-7-9-13(15)17-11-12-18-14(16)10-8-6-4-2/h13-14H,3-12,15-16H2,1-2H3. The summed E-state index contributed by atoms with van der Waals surface area (Å²) in [5.74, 6) is 0.